The van der Waals surface area contributed by atoms with Gasteiger partial charge in [0.05, 0.1) is 0 Å². The van der Waals surface area contributed by atoms with Gasteiger partial charge in [0, 0.05) is 24.3 Å². The highest BCUT2D eigenvalue weighted by atomic mass is 16.6. The highest BCUT2D eigenvalue weighted by Crippen LogP contribution is 2.26. The minimum atomic E-state index is -0.445. The monoisotopic (exact) mass is 304 g/mol. The molecule has 2 rings (SSSR count). The molecule has 4 heteroatoms. The molecule has 122 valence electrons. The third kappa shape index (κ3) is 4.39. The summed E-state index contributed by atoms with van der Waals surface area (Å²) in [5.41, 5.74) is 0.691. The average Bonchev–Trinajstić information content (AvgIpc) is 2.41. The van der Waals surface area contributed by atoms with Gasteiger partial charge in [-0.15, -0.1) is 0 Å². The zero-order valence-corrected chi connectivity index (χ0v) is 14.3. The molecule has 1 aliphatic heterocycles. The topological polar surface area (TPSA) is 41.6 Å². The Hall–Kier alpha value is -1.71. The Morgan fingerprint density at radius 2 is 1.86 bits per heavy atom. The summed E-state index contributed by atoms with van der Waals surface area (Å²) in [5.74, 6) is 0.379. The van der Waals surface area contributed by atoms with E-state index < -0.39 is 5.60 Å². The molecular formula is C18H28N2O2. The van der Waals surface area contributed by atoms with Crippen molar-refractivity contribution in [3.05, 3.63) is 30.3 Å². The number of carbonyl (C=O) groups is 1. The van der Waals surface area contributed by atoms with E-state index >= 15 is 0 Å². The van der Waals surface area contributed by atoms with E-state index in [1.165, 1.54) is 0 Å². The maximum Gasteiger partial charge on any atom is 0.410 e. The molecule has 0 unspecified atom stereocenters. The molecule has 0 saturated carbocycles. The highest BCUT2D eigenvalue weighted by molar-refractivity contribution is 5.68. The van der Waals surface area contributed by atoms with Crippen molar-refractivity contribution >= 4 is 11.8 Å². The van der Waals surface area contributed by atoms with E-state index in [-0.39, 0.29) is 12.1 Å². The van der Waals surface area contributed by atoms with Gasteiger partial charge in [0.2, 0.25) is 0 Å². The zero-order valence-electron chi connectivity index (χ0n) is 14.3. The smallest absolute Gasteiger partial charge is 0.410 e. The molecule has 4 nitrogen and oxygen atoms in total. The van der Waals surface area contributed by atoms with Crippen LogP contribution in [0.4, 0.5) is 10.5 Å². The molecule has 1 saturated heterocycles. The van der Waals surface area contributed by atoms with Crippen LogP contribution in [0.5, 0.6) is 0 Å². The third-order valence-corrected chi connectivity index (χ3v) is 4.05. The number of anilines is 1. The van der Waals surface area contributed by atoms with Gasteiger partial charge in [-0.05, 0) is 52.2 Å². The summed E-state index contributed by atoms with van der Waals surface area (Å²) in [6.07, 6.45) is 0.722. The Kier molecular flexibility index (Phi) is 4.99. The molecule has 0 aliphatic carbocycles. The van der Waals surface area contributed by atoms with Gasteiger partial charge in [-0.1, -0.05) is 25.1 Å². The summed E-state index contributed by atoms with van der Waals surface area (Å²) in [6.45, 7) is 10.7. The molecule has 1 aromatic rings. The van der Waals surface area contributed by atoms with Crippen LogP contribution in [-0.4, -0.2) is 35.2 Å². The molecule has 1 N–H and O–H groups in total. The minimum Gasteiger partial charge on any atom is -0.444 e. The van der Waals surface area contributed by atoms with Crippen molar-refractivity contribution < 1.29 is 9.53 Å². The number of amides is 1. The van der Waals surface area contributed by atoms with E-state index in [1.807, 2.05) is 43.9 Å². The van der Waals surface area contributed by atoms with Gasteiger partial charge in [0.25, 0.3) is 0 Å². The quantitative estimate of drug-likeness (QED) is 0.893. The molecule has 3 atom stereocenters. The summed E-state index contributed by atoms with van der Waals surface area (Å²) in [7, 11) is 0. The van der Waals surface area contributed by atoms with Crippen LogP contribution < -0.4 is 5.32 Å². The lowest BCUT2D eigenvalue weighted by atomic mass is 9.89. The standard InChI is InChI=1S/C18H28N2O2/c1-13-12-20(17(21)22-18(3,4)5)14(2)11-16(13)19-15-9-7-6-8-10-15/h6-10,13-14,16,19H,11-12H2,1-5H3/t13-,14-,16+/m0/s1. The molecule has 1 fully saturated rings. The SMILES string of the molecule is C[C@H]1CN(C(=O)OC(C)(C)C)[C@@H](C)C[C@H]1Nc1ccccc1. The molecule has 1 amide bonds. The molecule has 0 bridgehead atoms. The molecule has 1 aromatic carbocycles. The number of para-hydroxylation sites is 1. The normalized spacial score (nSPS) is 25.7. The minimum absolute atomic E-state index is 0.173. The van der Waals surface area contributed by atoms with Crippen molar-refractivity contribution in [3.63, 3.8) is 0 Å². The molecule has 1 heterocycles. The van der Waals surface area contributed by atoms with Crippen LogP contribution in [0.25, 0.3) is 0 Å². The van der Waals surface area contributed by atoms with Crippen LogP contribution in [-0.2, 0) is 4.74 Å². The fraction of sp³-hybridized carbons (Fsp3) is 0.611. The molecule has 0 radical (unpaired) electrons. The van der Waals surface area contributed by atoms with E-state index in [2.05, 4.69) is 31.3 Å². The lowest BCUT2D eigenvalue weighted by molar-refractivity contribution is 0.00510. The number of benzene rings is 1. The second-order valence-corrected chi connectivity index (χ2v) is 7.31. The number of carbonyl (C=O) groups excluding carboxylic acids is 1. The van der Waals surface area contributed by atoms with Crippen molar-refractivity contribution in [3.8, 4) is 0 Å². The number of ether oxygens (including phenoxy) is 1. The van der Waals surface area contributed by atoms with Gasteiger partial charge in [0.15, 0.2) is 0 Å². The van der Waals surface area contributed by atoms with Crippen LogP contribution >= 0.6 is 0 Å². The number of likely N-dealkylation sites (tertiary alicyclic amines) is 1. The Labute approximate surface area is 133 Å². The number of nitrogens with one attached hydrogen (secondary N) is 1. The van der Waals surface area contributed by atoms with Gasteiger partial charge in [0.1, 0.15) is 5.60 Å². The van der Waals surface area contributed by atoms with Gasteiger partial charge in [-0.25, -0.2) is 4.79 Å². The summed E-state index contributed by atoms with van der Waals surface area (Å²) in [6, 6.07) is 10.8. The van der Waals surface area contributed by atoms with Crippen molar-refractivity contribution in [2.45, 2.75) is 58.7 Å². The van der Waals surface area contributed by atoms with Crippen LogP contribution in [0.3, 0.4) is 0 Å². The van der Waals surface area contributed by atoms with E-state index in [9.17, 15) is 4.79 Å². The number of hydrogen-bond donors (Lipinski definition) is 1. The van der Waals surface area contributed by atoms with Crippen molar-refractivity contribution in [2.24, 2.45) is 5.92 Å². The van der Waals surface area contributed by atoms with E-state index in [4.69, 9.17) is 4.74 Å². The first-order valence-electron chi connectivity index (χ1n) is 8.07. The lowest BCUT2D eigenvalue weighted by Crippen LogP contribution is -2.53. The van der Waals surface area contributed by atoms with Gasteiger partial charge >= 0.3 is 6.09 Å². The van der Waals surface area contributed by atoms with E-state index in [1.54, 1.807) is 0 Å². The second-order valence-electron chi connectivity index (χ2n) is 7.31. The number of hydrogen-bond acceptors (Lipinski definition) is 3. The molecule has 22 heavy (non-hydrogen) atoms. The first-order valence-corrected chi connectivity index (χ1v) is 8.07. The Morgan fingerprint density at radius 3 is 2.45 bits per heavy atom. The first-order chi connectivity index (χ1) is 10.3. The predicted octanol–water partition coefficient (Wildman–Crippen LogP) is 4.13. The first kappa shape index (κ1) is 16.7. The molecule has 1 aliphatic rings. The predicted molar refractivity (Wildman–Crippen MR) is 90.0 cm³/mol. The average molecular weight is 304 g/mol. The molecular weight excluding hydrogens is 276 g/mol. The Balaban J connectivity index is 1.98. The summed E-state index contributed by atoms with van der Waals surface area (Å²) in [5, 5.41) is 3.59. The summed E-state index contributed by atoms with van der Waals surface area (Å²) < 4.78 is 5.52. The maximum absolute atomic E-state index is 12.3. The second kappa shape index (κ2) is 6.59. The fourth-order valence-electron chi connectivity index (χ4n) is 2.87. The van der Waals surface area contributed by atoms with Crippen LogP contribution in [0.1, 0.15) is 41.0 Å². The van der Waals surface area contributed by atoms with Crippen LogP contribution in [0.2, 0.25) is 0 Å². The van der Waals surface area contributed by atoms with Crippen molar-refractivity contribution in [1.82, 2.24) is 4.90 Å². The van der Waals surface area contributed by atoms with Crippen molar-refractivity contribution in [2.75, 3.05) is 11.9 Å². The van der Waals surface area contributed by atoms with Crippen LogP contribution in [0, 0.1) is 5.92 Å². The molecule has 0 aromatic heterocycles. The van der Waals surface area contributed by atoms with E-state index in [0.717, 1.165) is 18.7 Å². The largest absolute Gasteiger partial charge is 0.444 e. The van der Waals surface area contributed by atoms with Crippen LogP contribution in [0.15, 0.2) is 30.3 Å². The fourth-order valence-corrected chi connectivity index (χ4v) is 2.87. The van der Waals surface area contributed by atoms with Crippen molar-refractivity contribution in [1.29, 1.82) is 0 Å². The summed E-state index contributed by atoms with van der Waals surface area (Å²) >= 11 is 0. The Bertz CT molecular complexity index is 496. The van der Waals surface area contributed by atoms with E-state index in [0.29, 0.717) is 12.0 Å². The lowest BCUT2D eigenvalue weighted by Gasteiger charge is -2.42. The van der Waals surface area contributed by atoms with Gasteiger partial charge in [-0.2, -0.15) is 0 Å². The van der Waals surface area contributed by atoms with Gasteiger partial charge in [-0.3, -0.25) is 0 Å². The summed E-state index contributed by atoms with van der Waals surface area (Å²) in [4.78, 5) is 14.2. The molecule has 0 spiro atoms. The number of rotatable bonds is 2. The number of nitrogens with zero attached hydrogens (tertiary/aromatic N) is 1. The Morgan fingerprint density at radius 1 is 1.23 bits per heavy atom. The third-order valence-electron chi connectivity index (χ3n) is 4.05. The zero-order chi connectivity index (χ0) is 16.3. The van der Waals surface area contributed by atoms with Gasteiger partial charge < -0.3 is 15.0 Å². The number of piperidine rings is 1. The maximum atomic E-state index is 12.3. The highest BCUT2D eigenvalue weighted by Gasteiger charge is 2.35.